The summed E-state index contributed by atoms with van der Waals surface area (Å²) in [5.74, 6) is 0. The topological polar surface area (TPSA) is 52.0 Å². The number of aryl methyl sites for hydroxylation is 1. The molecule has 1 aromatic carbocycles. The predicted molar refractivity (Wildman–Crippen MR) is 57.5 cm³/mol. The van der Waals surface area contributed by atoms with Crippen molar-refractivity contribution >= 4 is 29.0 Å². The molecule has 12 heavy (non-hydrogen) atoms. The highest BCUT2D eigenvalue weighted by molar-refractivity contribution is 7.79. The van der Waals surface area contributed by atoms with Gasteiger partial charge in [0.2, 0.25) is 0 Å². The maximum absolute atomic E-state index is 5.82. The van der Waals surface area contributed by atoms with Crippen LogP contribution in [0.15, 0.2) is 6.07 Å². The number of thiocarbonyl (C=S) groups is 1. The molecule has 2 nitrogen and oxygen atoms in total. The quantitative estimate of drug-likeness (QED) is 0.512. The molecule has 0 bridgehead atoms. The Bertz CT molecular complexity index is 332. The first kappa shape index (κ1) is 9.00. The molecule has 0 aliphatic carbocycles. The van der Waals surface area contributed by atoms with Crippen LogP contribution in [0.1, 0.15) is 16.7 Å². The minimum absolute atomic E-state index is 0.697. The van der Waals surface area contributed by atoms with Crippen molar-refractivity contribution in [1.82, 2.24) is 0 Å². The van der Waals surface area contributed by atoms with Gasteiger partial charge in [-0.25, -0.2) is 0 Å². The molecule has 0 radical (unpaired) electrons. The molecule has 3 heteroatoms. The Labute approximate surface area is 77.6 Å². The second-order valence-electron chi connectivity index (χ2n) is 2.85. The molecular formula is C9H12N2S. The van der Waals surface area contributed by atoms with Gasteiger partial charge in [-0.3, -0.25) is 0 Å². The molecule has 0 amide bonds. The summed E-state index contributed by atoms with van der Waals surface area (Å²) < 4.78 is 0. The molecule has 0 saturated carbocycles. The molecule has 1 aromatic rings. The van der Waals surface area contributed by atoms with Crippen LogP contribution in [0.25, 0.3) is 0 Å². The second kappa shape index (κ2) is 3.11. The lowest BCUT2D eigenvalue weighted by molar-refractivity contribution is 1.39. The van der Waals surface area contributed by atoms with Crippen molar-refractivity contribution in [2.75, 3.05) is 11.5 Å². The number of hydrogen-bond donors (Lipinski definition) is 2. The molecule has 0 heterocycles. The van der Waals surface area contributed by atoms with Crippen LogP contribution in [0.2, 0.25) is 0 Å². The summed E-state index contributed by atoms with van der Waals surface area (Å²) in [5, 5.41) is 1.59. The van der Waals surface area contributed by atoms with Crippen LogP contribution in [-0.2, 0) is 0 Å². The van der Waals surface area contributed by atoms with E-state index >= 15 is 0 Å². The number of nitrogens with two attached hydrogens (primary N) is 2. The largest absolute Gasteiger partial charge is 0.398 e. The summed E-state index contributed by atoms with van der Waals surface area (Å²) in [4.78, 5) is 0. The van der Waals surface area contributed by atoms with E-state index in [2.05, 4.69) is 0 Å². The van der Waals surface area contributed by atoms with Gasteiger partial charge in [-0.1, -0.05) is 12.2 Å². The molecular weight excluding hydrogens is 168 g/mol. The average Bonchev–Trinajstić information content (AvgIpc) is 2.01. The number of rotatable bonds is 1. The Morgan fingerprint density at radius 1 is 1.33 bits per heavy atom. The van der Waals surface area contributed by atoms with E-state index in [4.69, 9.17) is 23.7 Å². The molecule has 0 aromatic heterocycles. The molecule has 0 fully saturated rings. The first-order valence-electron chi connectivity index (χ1n) is 3.68. The minimum atomic E-state index is 0.697. The standard InChI is InChI=1S/C9H12N2S/c1-5-3-8(10)6(2)9(11)7(5)4-12/h3-4H,10-11H2,1-2H3. The van der Waals surface area contributed by atoms with E-state index in [1.54, 1.807) is 5.37 Å². The molecule has 0 atom stereocenters. The molecule has 0 aliphatic rings. The van der Waals surface area contributed by atoms with Gasteiger partial charge in [0.1, 0.15) is 0 Å². The average molecular weight is 180 g/mol. The van der Waals surface area contributed by atoms with Crippen LogP contribution in [0.4, 0.5) is 11.4 Å². The summed E-state index contributed by atoms with van der Waals surface area (Å²) in [5.41, 5.74) is 15.8. The summed E-state index contributed by atoms with van der Waals surface area (Å²) >= 11 is 4.85. The summed E-state index contributed by atoms with van der Waals surface area (Å²) in [7, 11) is 0. The lowest BCUT2D eigenvalue weighted by Gasteiger charge is -2.10. The molecule has 0 aliphatic heterocycles. The van der Waals surface area contributed by atoms with E-state index in [0.29, 0.717) is 5.69 Å². The molecule has 1 rings (SSSR count). The van der Waals surface area contributed by atoms with Gasteiger partial charge < -0.3 is 11.5 Å². The number of benzene rings is 1. The van der Waals surface area contributed by atoms with Crippen LogP contribution in [0.5, 0.6) is 0 Å². The molecule has 0 unspecified atom stereocenters. The van der Waals surface area contributed by atoms with Crippen molar-refractivity contribution in [3.05, 3.63) is 22.8 Å². The highest BCUT2D eigenvalue weighted by Crippen LogP contribution is 2.24. The Hall–Kier alpha value is -1.09. The third kappa shape index (κ3) is 1.28. The maximum atomic E-state index is 5.82. The second-order valence-corrected chi connectivity index (χ2v) is 3.09. The van der Waals surface area contributed by atoms with Crippen LogP contribution in [0, 0.1) is 13.8 Å². The lowest BCUT2D eigenvalue weighted by atomic mass is 10.0. The third-order valence-electron chi connectivity index (χ3n) is 2.04. The first-order valence-corrected chi connectivity index (χ1v) is 4.15. The summed E-state index contributed by atoms with van der Waals surface area (Å²) in [6.07, 6.45) is 0. The van der Waals surface area contributed by atoms with Crippen molar-refractivity contribution in [3.8, 4) is 0 Å². The zero-order valence-corrected chi connectivity index (χ0v) is 8.03. The van der Waals surface area contributed by atoms with E-state index in [-0.39, 0.29) is 0 Å². The SMILES string of the molecule is Cc1cc(N)c(C)c(N)c1C=S. The van der Waals surface area contributed by atoms with Crippen LogP contribution in [-0.4, -0.2) is 5.37 Å². The fraction of sp³-hybridized carbons (Fsp3) is 0.222. The van der Waals surface area contributed by atoms with E-state index in [1.165, 1.54) is 0 Å². The van der Waals surface area contributed by atoms with Gasteiger partial charge >= 0.3 is 0 Å². The molecule has 64 valence electrons. The number of nitrogen functional groups attached to an aromatic ring is 2. The minimum Gasteiger partial charge on any atom is -0.398 e. The third-order valence-corrected chi connectivity index (χ3v) is 2.28. The Balaban J connectivity index is 3.51. The fourth-order valence-electron chi connectivity index (χ4n) is 1.15. The fourth-order valence-corrected chi connectivity index (χ4v) is 1.46. The predicted octanol–water partition coefficient (Wildman–Crippen LogP) is 1.82. The van der Waals surface area contributed by atoms with Gasteiger partial charge in [-0.15, -0.1) is 0 Å². The highest BCUT2D eigenvalue weighted by Gasteiger charge is 2.06. The molecule has 0 saturated heterocycles. The van der Waals surface area contributed by atoms with Gasteiger partial charge in [-0.2, -0.15) is 0 Å². The lowest BCUT2D eigenvalue weighted by Crippen LogP contribution is -2.02. The van der Waals surface area contributed by atoms with Crippen LogP contribution >= 0.6 is 12.2 Å². The van der Waals surface area contributed by atoms with Gasteiger partial charge in [-0.05, 0) is 31.0 Å². The maximum Gasteiger partial charge on any atom is 0.0449 e. The monoisotopic (exact) mass is 180 g/mol. The van der Waals surface area contributed by atoms with E-state index in [9.17, 15) is 0 Å². The highest BCUT2D eigenvalue weighted by atomic mass is 32.1. The zero-order chi connectivity index (χ0) is 9.30. The number of anilines is 2. The Kier molecular flexibility index (Phi) is 2.33. The van der Waals surface area contributed by atoms with Crippen molar-refractivity contribution in [2.45, 2.75) is 13.8 Å². The summed E-state index contributed by atoms with van der Waals surface area (Å²) in [6.45, 7) is 3.84. The van der Waals surface area contributed by atoms with Crippen LogP contribution in [0.3, 0.4) is 0 Å². The van der Waals surface area contributed by atoms with Crippen molar-refractivity contribution in [3.63, 3.8) is 0 Å². The molecule has 4 N–H and O–H groups in total. The van der Waals surface area contributed by atoms with Gasteiger partial charge in [0.05, 0.1) is 0 Å². The normalized spacial score (nSPS) is 9.83. The summed E-state index contributed by atoms with van der Waals surface area (Å²) in [6, 6.07) is 1.89. The Morgan fingerprint density at radius 3 is 2.42 bits per heavy atom. The number of hydrogen-bond acceptors (Lipinski definition) is 3. The van der Waals surface area contributed by atoms with Gasteiger partial charge in [0, 0.05) is 22.3 Å². The van der Waals surface area contributed by atoms with E-state index in [1.807, 2.05) is 19.9 Å². The van der Waals surface area contributed by atoms with Crippen molar-refractivity contribution < 1.29 is 0 Å². The smallest absolute Gasteiger partial charge is 0.0449 e. The van der Waals surface area contributed by atoms with E-state index in [0.717, 1.165) is 22.4 Å². The van der Waals surface area contributed by atoms with Crippen LogP contribution < -0.4 is 11.5 Å². The Morgan fingerprint density at radius 2 is 1.92 bits per heavy atom. The van der Waals surface area contributed by atoms with E-state index < -0.39 is 0 Å². The van der Waals surface area contributed by atoms with Gasteiger partial charge in [0.25, 0.3) is 0 Å². The molecule has 0 spiro atoms. The van der Waals surface area contributed by atoms with Gasteiger partial charge in [0.15, 0.2) is 0 Å². The zero-order valence-electron chi connectivity index (χ0n) is 7.22. The van der Waals surface area contributed by atoms with Crippen molar-refractivity contribution in [1.29, 1.82) is 0 Å². The first-order chi connectivity index (χ1) is 5.57. The van der Waals surface area contributed by atoms with Crippen molar-refractivity contribution in [2.24, 2.45) is 0 Å².